The molecule has 0 heterocycles. The van der Waals surface area contributed by atoms with Crippen molar-refractivity contribution in [3.8, 4) is 0 Å². The largest absolute Gasteiger partial charge is 0.481 e. The summed E-state index contributed by atoms with van der Waals surface area (Å²) in [4.78, 5) is 119. The van der Waals surface area contributed by atoms with Gasteiger partial charge in [0.2, 0.25) is 29.4 Å². The van der Waals surface area contributed by atoms with E-state index in [0.717, 1.165) is 0 Å². The van der Waals surface area contributed by atoms with Crippen LogP contribution in [0.5, 0.6) is 0 Å². The molecular formula is C47H62FN7O14. The first-order chi connectivity index (χ1) is 32.4. The van der Waals surface area contributed by atoms with Crippen LogP contribution in [0.25, 0.3) is 0 Å². The number of nitrogens with zero attached hydrogens (tertiary/aromatic N) is 1. The number of aliphatic hydroxyl groups is 2. The predicted octanol–water partition coefficient (Wildman–Crippen LogP) is -0.347. The van der Waals surface area contributed by atoms with Gasteiger partial charge in [0.1, 0.15) is 23.7 Å². The maximum absolute atomic E-state index is 17.5. The molecule has 376 valence electrons. The van der Waals surface area contributed by atoms with Gasteiger partial charge in [-0.2, -0.15) is 0 Å². The molecule has 0 aromatic heterocycles. The van der Waals surface area contributed by atoms with Gasteiger partial charge in [-0.1, -0.05) is 55.8 Å². The number of guanidine groups is 1. The number of aliphatic carboxylic acids is 2. The number of aliphatic imine (C=N–C) groups is 1. The first-order valence-corrected chi connectivity index (χ1v) is 22.8. The minimum atomic E-state index is -2.19. The van der Waals surface area contributed by atoms with E-state index in [4.69, 9.17) is 16.2 Å². The molecule has 1 aromatic rings. The number of carboxylic acids is 2. The van der Waals surface area contributed by atoms with Crippen LogP contribution < -0.4 is 32.7 Å². The number of esters is 1. The number of hydrogen-bond donors (Lipinski definition) is 10. The number of ketones is 2. The van der Waals surface area contributed by atoms with Gasteiger partial charge in [0, 0.05) is 36.1 Å². The fraction of sp³-hybridized carbons (Fsp3) is 0.574. The number of alkyl halides is 1. The van der Waals surface area contributed by atoms with Crippen LogP contribution in [0.4, 0.5) is 4.39 Å². The minimum Gasteiger partial charge on any atom is -0.481 e. The Hall–Kier alpha value is -6.55. The van der Waals surface area contributed by atoms with Crippen molar-refractivity contribution in [1.82, 2.24) is 21.3 Å². The Kier molecular flexibility index (Phi) is 16.9. The molecule has 3 saturated carbocycles. The second-order valence-corrected chi connectivity index (χ2v) is 18.8. The van der Waals surface area contributed by atoms with E-state index in [2.05, 4.69) is 26.3 Å². The molecule has 22 heteroatoms. The number of hydrogen-bond acceptors (Lipinski definition) is 13. The lowest BCUT2D eigenvalue weighted by Gasteiger charge is -2.62. The van der Waals surface area contributed by atoms with E-state index in [0.29, 0.717) is 17.6 Å². The van der Waals surface area contributed by atoms with Crippen LogP contribution in [0.3, 0.4) is 0 Å². The number of allylic oxidation sites excluding steroid dienone is 4. The molecule has 0 radical (unpaired) electrons. The van der Waals surface area contributed by atoms with E-state index in [-0.39, 0.29) is 56.8 Å². The van der Waals surface area contributed by atoms with Crippen molar-refractivity contribution in [3.63, 3.8) is 0 Å². The van der Waals surface area contributed by atoms with Crippen LogP contribution in [0.15, 0.2) is 59.1 Å². The molecule has 2 unspecified atom stereocenters. The number of carbonyl (C=O) groups excluding carboxylic acids is 7. The molecule has 21 nitrogen and oxygen atoms in total. The number of carbonyl (C=O) groups is 9. The molecule has 1 aromatic carbocycles. The highest BCUT2D eigenvalue weighted by Crippen LogP contribution is 2.70. The van der Waals surface area contributed by atoms with Crippen LogP contribution in [0, 0.1) is 28.6 Å². The van der Waals surface area contributed by atoms with Crippen LogP contribution in [0.1, 0.15) is 84.1 Å². The molecule has 0 spiro atoms. The third kappa shape index (κ3) is 11.5. The van der Waals surface area contributed by atoms with Gasteiger partial charge >= 0.3 is 17.9 Å². The number of nitrogens with one attached hydrogen (secondary N) is 4. The molecule has 5 rings (SSSR count). The summed E-state index contributed by atoms with van der Waals surface area (Å²) in [6, 6.07) is 3.73. The van der Waals surface area contributed by atoms with Crippen molar-refractivity contribution in [2.45, 2.75) is 120 Å². The van der Waals surface area contributed by atoms with Crippen LogP contribution in [-0.4, -0.2) is 135 Å². The number of nitrogens with two attached hydrogens (primary N) is 2. The molecule has 3 fully saturated rings. The van der Waals surface area contributed by atoms with Crippen molar-refractivity contribution in [2.24, 2.45) is 45.0 Å². The maximum atomic E-state index is 17.5. The lowest BCUT2D eigenvalue weighted by atomic mass is 9.44. The zero-order chi connectivity index (χ0) is 51.1. The Morgan fingerprint density at radius 1 is 0.928 bits per heavy atom. The first-order valence-electron chi connectivity index (χ1n) is 22.8. The Balaban J connectivity index is 1.15. The van der Waals surface area contributed by atoms with E-state index in [1.54, 1.807) is 51.1 Å². The van der Waals surface area contributed by atoms with Gasteiger partial charge in [0.15, 0.2) is 24.0 Å². The molecule has 0 bridgehead atoms. The van der Waals surface area contributed by atoms with Crippen molar-refractivity contribution < 1.29 is 72.7 Å². The third-order valence-corrected chi connectivity index (χ3v) is 14.5. The highest BCUT2D eigenvalue weighted by Gasteiger charge is 2.75. The lowest BCUT2D eigenvalue weighted by molar-refractivity contribution is -0.220. The van der Waals surface area contributed by atoms with Gasteiger partial charge in [-0.25, -0.2) is 9.18 Å². The van der Waals surface area contributed by atoms with E-state index in [1.165, 1.54) is 18.2 Å². The summed E-state index contributed by atoms with van der Waals surface area (Å²) < 4.78 is 22.8. The summed E-state index contributed by atoms with van der Waals surface area (Å²) in [5.74, 6) is -11.2. The van der Waals surface area contributed by atoms with E-state index >= 15 is 4.39 Å². The summed E-state index contributed by atoms with van der Waals surface area (Å²) in [6.07, 6.45) is 1.09. The summed E-state index contributed by atoms with van der Waals surface area (Å²) in [5.41, 5.74) is 5.00. The standard InChI is InChI=1S/C47H62FN7O14/c1-25-18-30-29-12-11-27-20-28(56)15-16-44(27,2)46(29,48)34(57)22-45(30,3)47(25,68)35(58)24-69-39(63)14-13-36(59)53-31(10-7-17-51-43(49)50)40(64)52-23-37(60)54-32(21-38(61)62)41(65)55-33(42(66)67)19-26-8-5-4-6-9-26/h4-6,8-9,15-16,20,25,29-34,57,68H,7,10-14,17-19,21-24H2,1-3H3,(H,52,64)(H,53,59)(H,54,60)(H,55,65)(H,61,62)(H,66,67)(H4,49,50,51)/t25-,29?,30?,31+,32+,33+,34+,44+,45+,46+,47+/m1/s1. The smallest absolute Gasteiger partial charge is 0.326 e. The van der Waals surface area contributed by atoms with E-state index in [9.17, 15) is 63.6 Å². The quantitative estimate of drug-likeness (QED) is 0.0307. The number of carboxylic acid groups (broad SMARTS) is 2. The molecule has 4 amide bonds. The average molecular weight is 968 g/mol. The second-order valence-electron chi connectivity index (χ2n) is 18.8. The topological polar surface area (TPSA) is 356 Å². The third-order valence-electron chi connectivity index (χ3n) is 14.5. The van der Waals surface area contributed by atoms with Crippen molar-refractivity contribution in [3.05, 3.63) is 59.7 Å². The molecule has 0 aliphatic heterocycles. The van der Waals surface area contributed by atoms with Gasteiger partial charge in [0.25, 0.3) is 0 Å². The second kappa shape index (κ2) is 21.8. The highest BCUT2D eigenvalue weighted by atomic mass is 19.1. The minimum absolute atomic E-state index is 0.0343. The predicted molar refractivity (Wildman–Crippen MR) is 242 cm³/mol. The molecule has 12 N–H and O–H groups in total. The highest BCUT2D eigenvalue weighted by molar-refractivity contribution is 6.01. The fourth-order valence-electron chi connectivity index (χ4n) is 11.0. The SMILES string of the molecule is C[C@@H]1CC2C3CCC4=CC(=O)C=C[C@]4(C)[C@@]3(F)[C@@H](O)C[C@]2(C)[C@@]1(O)C(=O)COC(=O)CCC(=O)N[C@@H](CCCN=C(N)N)C(=O)NCC(=O)N[C@@H](CC(=O)O)C(=O)N[C@@H](Cc1ccccc1)C(=O)O. The van der Waals surface area contributed by atoms with Crippen molar-refractivity contribution in [2.75, 3.05) is 19.7 Å². The summed E-state index contributed by atoms with van der Waals surface area (Å²) in [5, 5.41) is 52.0. The summed E-state index contributed by atoms with van der Waals surface area (Å²) in [7, 11) is 0. The number of aliphatic hydroxyl groups excluding tert-OH is 1. The molecule has 4 aliphatic rings. The Morgan fingerprint density at radius 2 is 1.61 bits per heavy atom. The molecule has 0 saturated heterocycles. The average Bonchev–Trinajstić information content (AvgIpc) is 3.49. The number of rotatable bonds is 22. The van der Waals surface area contributed by atoms with Gasteiger partial charge in [-0.05, 0) is 75.0 Å². The van der Waals surface area contributed by atoms with E-state index < -0.39 is 144 Å². The number of halogens is 1. The zero-order valence-electron chi connectivity index (χ0n) is 38.7. The van der Waals surface area contributed by atoms with Crippen LogP contribution in [0.2, 0.25) is 0 Å². The summed E-state index contributed by atoms with van der Waals surface area (Å²) >= 11 is 0. The maximum Gasteiger partial charge on any atom is 0.326 e. The number of fused-ring (bicyclic) bond motifs is 5. The number of ether oxygens (including phenoxy) is 1. The summed E-state index contributed by atoms with van der Waals surface area (Å²) in [6.45, 7) is 3.27. The van der Waals surface area contributed by atoms with Crippen molar-refractivity contribution >= 4 is 59.1 Å². The molecule has 11 atom stereocenters. The first kappa shape index (κ1) is 53.4. The molecular weight excluding hydrogens is 906 g/mol. The van der Waals surface area contributed by atoms with Gasteiger partial charge in [-0.15, -0.1) is 0 Å². The van der Waals surface area contributed by atoms with Crippen molar-refractivity contribution in [1.29, 1.82) is 0 Å². The van der Waals surface area contributed by atoms with Gasteiger partial charge < -0.3 is 57.9 Å². The number of Topliss-reactive ketones (excluding diaryl/α,β-unsaturated/α-hetero) is 1. The normalized spacial score (nSPS) is 29.0. The van der Waals surface area contributed by atoms with Gasteiger partial charge in [-0.3, -0.25) is 43.3 Å². The Labute approximate surface area is 397 Å². The van der Waals surface area contributed by atoms with Gasteiger partial charge in [0.05, 0.1) is 25.5 Å². The Morgan fingerprint density at radius 3 is 2.26 bits per heavy atom. The molecule has 69 heavy (non-hydrogen) atoms. The van der Waals surface area contributed by atoms with Crippen LogP contribution in [-0.2, 0) is 54.3 Å². The number of benzene rings is 1. The monoisotopic (exact) mass is 967 g/mol. The zero-order valence-corrected chi connectivity index (χ0v) is 38.7. The molecule has 4 aliphatic carbocycles. The van der Waals surface area contributed by atoms with Crippen LogP contribution >= 0.6 is 0 Å². The fourth-order valence-corrected chi connectivity index (χ4v) is 11.0. The Bertz CT molecular complexity index is 2290. The van der Waals surface area contributed by atoms with E-state index in [1.807, 2.05) is 0 Å². The number of amides is 4. The lowest BCUT2D eigenvalue weighted by Crippen LogP contribution is -2.69.